The van der Waals surface area contributed by atoms with Gasteiger partial charge in [0, 0.05) is 10.9 Å². The molecule has 0 amide bonds. The van der Waals surface area contributed by atoms with E-state index >= 15 is 0 Å². The molecule has 0 fully saturated rings. The number of benzene rings is 1. The average Bonchev–Trinajstić information content (AvgIpc) is 3.49. The van der Waals surface area contributed by atoms with E-state index in [1.807, 2.05) is 47.8 Å². The summed E-state index contributed by atoms with van der Waals surface area (Å²) in [4.78, 5) is 21.0. The van der Waals surface area contributed by atoms with Crippen LogP contribution in [0.4, 0.5) is 0 Å². The van der Waals surface area contributed by atoms with E-state index in [0.29, 0.717) is 28.7 Å². The molecule has 4 aromatic heterocycles. The fraction of sp³-hybridized carbons (Fsp3) is 0.105. The number of nitrogens with zero attached hydrogens (tertiary/aromatic N) is 5. The third-order valence-electron chi connectivity index (χ3n) is 4.30. The zero-order chi connectivity index (χ0) is 19.6. The molecule has 0 radical (unpaired) electrons. The van der Waals surface area contributed by atoms with Gasteiger partial charge in [0.1, 0.15) is 23.0 Å². The summed E-state index contributed by atoms with van der Waals surface area (Å²) in [7, 11) is 0. The quantitative estimate of drug-likeness (QED) is 0.417. The number of H-pyrrole nitrogens is 1. The summed E-state index contributed by atoms with van der Waals surface area (Å²) < 4.78 is 6.99. The number of furan rings is 1. The van der Waals surface area contributed by atoms with E-state index < -0.39 is 0 Å². The fourth-order valence-corrected chi connectivity index (χ4v) is 4.69. The molecule has 1 aromatic carbocycles. The maximum Gasteiger partial charge on any atom is 0.260 e. The second-order valence-electron chi connectivity index (χ2n) is 6.20. The van der Waals surface area contributed by atoms with E-state index in [0.717, 1.165) is 21.7 Å². The molecule has 0 unspecified atom stereocenters. The van der Waals surface area contributed by atoms with E-state index in [2.05, 4.69) is 25.5 Å². The first-order chi connectivity index (χ1) is 14.3. The topological polar surface area (TPSA) is 102 Å². The van der Waals surface area contributed by atoms with Gasteiger partial charge in [0.2, 0.25) is 5.16 Å². The molecule has 0 aliphatic rings. The van der Waals surface area contributed by atoms with E-state index in [4.69, 9.17) is 4.42 Å². The van der Waals surface area contributed by atoms with Gasteiger partial charge in [-0.1, -0.05) is 42.1 Å². The lowest BCUT2D eigenvalue weighted by Crippen LogP contribution is -2.11. The number of thiophene rings is 1. The summed E-state index contributed by atoms with van der Waals surface area (Å²) in [5.74, 6) is 1.79. The van der Waals surface area contributed by atoms with Gasteiger partial charge in [-0.15, -0.1) is 16.4 Å². The number of nitrogens with one attached hydrogen (secondary N) is 1. The van der Waals surface area contributed by atoms with Crippen molar-refractivity contribution < 1.29 is 4.42 Å². The Morgan fingerprint density at radius 3 is 2.90 bits per heavy atom. The number of thioether (sulfide) groups is 1. The zero-order valence-corrected chi connectivity index (χ0v) is 16.6. The number of hydrogen-bond acceptors (Lipinski definition) is 8. The molecule has 8 nitrogen and oxygen atoms in total. The Kier molecular flexibility index (Phi) is 4.70. The van der Waals surface area contributed by atoms with Crippen LogP contribution in [0.5, 0.6) is 0 Å². The first kappa shape index (κ1) is 17.8. The highest BCUT2D eigenvalue weighted by molar-refractivity contribution is 7.98. The number of fused-ring (bicyclic) bond motifs is 1. The van der Waals surface area contributed by atoms with Crippen LogP contribution < -0.4 is 5.56 Å². The number of hydrogen-bond donors (Lipinski definition) is 1. The van der Waals surface area contributed by atoms with Gasteiger partial charge in [0.25, 0.3) is 5.56 Å². The van der Waals surface area contributed by atoms with Gasteiger partial charge in [-0.25, -0.2) is 9.67 Å². The molecule has 1 N–H and O–H groups in total. The zero-order valence-electron chi connectivity index (χ0n) is 15.0. The molecule has 5 rings (SSSR count). The molecule has 0 atom stereocenters. The van der Waals surface area contributed by atoms with Gasteiger partial charge in [-0.3, -0.25) is 4.79 Å². The molecule has 0 bridgehead atoms. The molecule has 0 aliphatic heterocycles. The lowest BCUT2D eigenvalue weighted by molar-refractivity contribution is 0.462. The molecule has 29 heavy (non-hydrogen) atoms. The summed E-state index contributed by atoms with van der Waals surface area (Å²) in [5.41, 5.74) is 1.77. The van der Waals surface area contributed by atoms with Crippen LogP contribution in [0.1, 0.15) is 11.6 Å². The third kappa shape index (κ3) is 3.59. The minimum atomic E-state index is -0.138. The third-order valence-corrected chi connectivity index (χ3v) is 6.14. The molecule has 144 valence electrons. The van der Waals surface area contributed by atoms with Crippen molar-refractivity contribution in [3.8, 4) is 11.1 Å². The molecular formula is C19H14N6O2S2. The molecular weight excluding hydrogens is 408 g/mol. The van der Waals surface area contributed by atoms with E-state index in [9.17, 15) is 4.79 Å². The van der Waals surface area contributed by atoms with Crippen LogP contribution in [0.3, 0.4) is 0 Å². The van der Waals surface area contributed by atoms with Crippen LogP contribution in [0, 0.1) is 0 Å². The predicted molar refractivity (Wildman–Crippen MR) is 111 cm³/mol. The standard InChI is InChI=1S/C19H14N6O2S2/c26-17-16-14(12-5-2-1-3-6-12)10-28-18(16)21-15(20-17)11-29-19-22-23-24-25(19)9-13-7-4-8-27-13/h1-8,10H,9,11H2,(H,20,21,26). The van der Waals surface area contributed by atoms with Crippen molar-refractivity contribution in [3.05, 3.63) is 76.0 Å². The molecule has 0 saturated carbocycles. The highest BCUT2D eigenvalue weighted by Gasteiger charge is 2.14. The molecule has 0 saturated heterocycles. The number of tetrazole rings is 1. The van der Waals surface area contributed by atoms with E-state index in [-0.39, 0.29) is 5.56 Å². The van der Waals surface area contributed by atoms with Gasteiger partial charge in [-0.05, 0) is 28.1 Å². The fourth-order valence-electron chi connectivity index (χ4n) is 2.97. The van der Waals surface area contributed by atoms with Crippen molar-refractivity contribution >= 4 is 33.3 Å². The maximum absolute atomic E-state index is 12.7. The molecule has 10 heteroatoms. The van der Waals surface area contributed by atoms with Crippen molar-refractivity contribution in [3.63, 3.8) is 0 Å². The number of aromatic nitrogens is 6. The molecule has 0 aliphatic carbocycles. The predicted octanol–water partition coefficient (Wildman–Crippen LogP) is 3.57. The SMILES string of the molecule is O=c1[nH]c(CSc2nnnn2Cc2ccco2)nc2scc(-c3ccccc3)c12. The molecule has 0 spiro atoms. The Morgan fingerprint density at radius 2 is 2.07 bits per heavy atom. The lowest BCUT2D eigenvalue weighted by Gasteiger charge is -2.03. The monoisotopic (exact) mass is 422 g/mol. The Hall–Kier alpha value is -3.24. The van der Waals surface area contributed by atoms with Gasteiger partial charge >= 0.3 is 0 Å². The van der Waals surface area contributed by atoms with Gasteiger partial charge < -0.3 is 9.40 Å². The van der Waals surface area contributed by atoms with Crippen LogP contribution >= 0.6 is 23.1 Å². The summed E-state index contributed by atoms with van der Waals surface area (Å²) >= 11 is 2.87. The summed E-state index contributed by atoms with van der Waals surface area (Å²) in [5, 5.41) is 15.0. The minimum Gasteiger partial charge on any atom is -0.467 e. The highest BCUT2D eigenvalue weighted by Crippen LogP contribution is 2.31. The first-order valence-electron chi connectivity index (χ1n) is 8.75. The summed E-state index contributed by atoms with van der Waals surface area (Å²) in [6.45, 7) is 0.441. The second kappa shape index (κ2) is 7.64. The summed E-state index contributed by atoms with van der Waals surface area (Å²) in [6, 6.07) is 13.5. The van der Waals surface area contributed by atoms with Crippen LogP contribution in [-0.4, -0.2) is 30.2 Å². The number of aromatic amines is 1. The Bertz CT molecular complexity index is 1310. The van der Waals surface area contributed by atoms with E-state index in [1.54, 1.807) is 10.9 Å². The van der Waals surface area contributed by atoms with Crippen molar-refractivity contribution in [2.45, 2.75) is 17.5 Å². The Balaban J connectivity index is 1.39. The lowest BCUT2D eigenvalue weighted by atomic mass is 10.1. The molecule has 5 aromatic rings. The van der Waals surface area contributed by atoms with E-state index in [1.165, 1.54) is 23.1 Å². The Morgan fingerprint density at radius 1 is 1.17 bits per heavy atom. The summed E-state index contributed by atoms with van der Waals surface area (Å²) in [6.07, 6.45) is 1.61. The number of rotatable bonds is 6. The molecule has 4 heterocycles. The highest BCUT2D eigenvalue weighted by atomic mass is 32.2. The average molecular weight is 422 g/mol. The van der Waals surface area contributed by atoms with Crippen molar-refractivity contribution in [1.29, 1.82) is 0 Å². The van der Waals surface area contributed by atoms with Gasteiger partial charge in [0.05, 0.1) is 17.4 Å². The van der Waals surface area contributed by atoms with Crippen molar-refractivity contribution in [1.82, 2.24) is 30.2 Å². The van der Waals surface area contributed by atoms with Crippen LogP contribution in [0.15, 0.2) is 68.5 Å². The second-order valence-corrected chi connectivity index (χ2v) is 8.00. The minimum absolute atomic E-state index is 0.138. The largest absolute Gasteiger partial charge is 0.467 e. The van der Waals surface area contributed by atoms with Crippen molar-refractivity contribution in [2.24, 2.45) is 0 Å². The smallest absolute Gasteiger partial charge is 0.260 e. The van der Waals surface area contributed by atoms with Gasteiger partial charge in [-0.2, -0.15) is 0 Å². The first-order valence-corrected chi connectivity index (χ1v) is 10.6. The Labute approximate surface area is 172 Å². The maximum atomic E-state index is 12.7. The van der Waals surface area contributed by atoms with Crippen LogP contribution in [0.25, 0.3) is 21.3 Å². The van der Waals surface area contributed by atoms with Crippen LogP contribution in [-0.2, 0) is 12.3 Å². The normalized spacial score (nSPS) is 11.3. The van der Waals surface area contributed by atoms with Crippen molar-refractivity contribution in [2.75, 3.05) is 0 Å². The van der Waals surface area contributed by atoms with Gasteiger partial charge in [0.15, 0.2) is 0 Å². The van der Waals surface area contributed by atoms with Crippen LogP contribution in [0.2, 0.25) is 0 Å².